The first kappa shape index (κ1) is 17.7. The van der Waals surface area contributed by atoms with Crippen molar-refractivity contribution in [3.05, 3.63) is 0 Å². The van der Waals surface area contributed by atoms with Gasteiger partial charge in [-0.25, -0.2) is 0 Å². The predicted octanol–water partition coefficient (Wildman–Crippen LogP) is 2.01. The molecule has 0 bridgehead atoms. The maximum Gasteiger partial charge on any atom is 0.222 e. The van der Waals surface area contributed by atoms with Crippen molar-refractivity contribution in [2.24, 2.45) is 5.92 Å². The van der Waals surface area contributed by atoms with Gasteiger partial charge in [0, 0.05) is 32.2 Å². The van der Waals surface area contributed by atoms with Crippen molar-refractivity contribution in [1.82, 2.24) is 15.1 Å². The van der Waals surface area contributed by atoms with Crippen molar-refractivity contribution >= 4 is 5.91 Å². The number of ether oxygens (including phenoxy) is 1. The number of likely N-dealkylation sites (tertiary alicyclic amines) is 2. The molecule has 0 aromatic heterocycles. The fourth-order valence-corrected chi connectivity index (χ4v) is 5.43. The number of hydrogen-bond donors (Lipinski definition) is 1. The first-order chi connectivity index (χ1) is 12.2. The molecule has 142 valence electrons. The Morgan fingerprint density at radius 1 is 1.12 bits per heavy atom. The topological polar surface area (TPSA) is 44.8 Å². The average molecular weight is 350 g/mol. The van der Waals surface area contributed by atoms with Gasteiger partial charge in [-0.1, -0.05) is 0 Å². The van der Waals surface area contributed by atoms with Gasteiger partial charge in [-0.2, -0.15) is 0 Å². The lowest BCUT2D eigenvalue weighted by molar-refractivity contribution is -0.127. The van der Waals surface area contributed by atoms with E-state index in [9.17, 15) is 4.79 Å². The van der Waals surface area contributed by atoms with Crippen LogP contribution < -0.4 is 5.32 Å². The molecule has 25 heavy (non-hydrogen) atoms. The van der Waals surface area contributed by atoms with Gasteiger partial charge in [0.1, 0.15) is 0 Å². The summed E-state index contributed by atoms with van der Waals surface area (Å²) in [4.78, 5) is 16.6. The predicted molar refractivity (Wildman–Crippen MR) is 98.5 cm³/mol. The van der Waals surface area contributed by atoms with Gasteiger partial charge in [-0.05, 0) is 83.5 Å². The number of carbonyl (C=O) groups is 1. The Bertz CT molecular complexity index is 450. The summed E-state index contributed by atoms with van der Waals surface area (Å²) in [5.41, 5.74) is 0.168. The van der Waals surface area contributed by atoms with Gasteiger partial charge < -0.3 is 19.9 Å². The molecule has 4 aliphatic heterocycles. The van der Waals surface area contributed by atoms with E-state index in [1.54, 1.807) is 0 Å². The summed E-state index contributed by atoms with van der Waals surface area (Å²) >= 11 is 0. The Labute approximate surface area is 152 Å². The van der Waals surface area contributed by atoms with Gasteiger partial charge in [0.05, 0.1) is 5.60 Å². The molecule has 1 unspecified atom stereocenters. The molecule has 0 saturated carbocycles. The van der Waals surface area contributed by atoms with Gasteiger partial charge >= 0.3 is 0 Å². The molecule has 5 nitrogen and oxygen atoms in total. The third-order valence-electron chi connectivity index (χ3n) is 7.13. The minimum Gasteiger partial charge on any atom is -0.375 e. The van der Waals surface area contributed by atoms with Gasteiger partial charge in [0.25, 0.3) is 0 Å². The highest BCUT2D eigenvalue weighted by Crippen LogP contribution is 2.36. The van der Waals surface area contributed by atoms with Crippen molar-refractivity contribution in [3.63, 3.8) is 0 Å². The maximum absolute atomic E-state index is 11.8. The zero-order valence-electron chi connectivity index (χ0n) is 15.7. The van der Waals surface area contributed by atoms with E-state index in [2.05, 4.69) is 15.1 Å². The molecule has 0 aromatic carbocycles. The minimum atomic E-state index is 0.168. The molecule has 1 amide bonds. The molecule has 0 radical (unpaired) electrons. The fraction of sp³-hybridized carbons (Fsp3) is 0.950. The van der Waals surface area contributed by atoms with Crippen molar-refractivity contribution in [2.45, 2.75) is 69.4 Å². The van der Waals surface area contributed by atoms with Crippen LogP contribution >= 0.6 is 0 Å². The molecule has 1 atom stereocenters. The van der Waals surface area contributed by atoms with Gasteiger partial charge in [0.15, 0.2) is 0 Å². The lowest BCUT2D eigenvalue weighted by Gasteiger charge is -2.48. The standard InChI is InChI=1S/C20H35N3O2/c24-19-2-1-11-23(19)14-5-17-3-12-22(13-4-17)18-6-15-25-20(16-18)7-9-21-10-8-20/h17-18,21H,1-16H2. The van der Waals surface area contributed by atoms with Crippen LogP contribution in [0.3, 0.4) is 0 Å². The van der Waals surface area contributed by atoms with Crippen LogP contribution in [0, 0.1) is 5.92 Å². The first-order valence-electron chi connectivity index (χ1n) is 10.6. The molecule has 1 N–H and O–H groups in total. The second kappa shape index (κ2) is 7.93. The van der Waals surface area contributed by atoms with Crippen LogP contribution in [-0.2, 0) is 9.53 Å². The summed E-state index contributed by atoms with van der Waals surface area (Å²) in [5.74, 6) is 1.20. The molecule has 0 aliphatic carbocycles. The second-order valence-electron chi connectivity index (χ2n) is 8.68. The number of nitrogens with zero attached hydrogens (tertiary/aromatic N) is 2. The zero-order valence-corrected chi connectivity index (χ0v) is 15.7. The largest absolute Gasteiger partial charge is 0.375 e. The van der Waals surface area contributed by atoms with E-state index in [-0.39, 0.29) is 5.60 Å². The van der Waals surface area contributed by atoms with E-state index in [1.165, 1.54) is 58.0 Å². The smallest absolute Gasteiger partial charge is 0.222 e. The SMILES string of the molecule is O=C1CCCN1CCC1CCN(C2CCOC3(CCNCC3)C2)CC1. The lowest BCUT2D eigenvalue weighted by Crippen LogP contribution is -2.54. The van der Waals surface area contributed by atoms with Crippen LogP contribution in [0.1, 0.15) is 57.8 Å². The normalized spacial score (nSPS) is 31.8. The summed E-state index contributed by atoms with van der Waals surface area (Å²) < 4.78 is 6.25. The maximum atomic E-state index is 11.8. The van der Waals surface area contributed by atoms with Crippen molar-refractivity contribution in [1.29, 1.82) is 0 Å². The summed E-state index contributed by atoms with van der Waals surface area (Å²) in [6.45, 7) is 7.67. The molecule has 5 heteroatoms. The van der Waals surface area contributed by atoms with Gasteiger partial charge in [-0.15, -0.1) is 0 Å². The van der Waals surface area contributed by atoms with E-state index in [0.717, 1.165) is 57.6 Å². The molecule has 1 spiro atoms. The number of rotatable bonds is 4. The van der Waals surface area contributed by atoms with E-state index in [4.69, 9.17) is 4.74 Å². The molecule has 0 aromatic rings. The number of carbonyl (C=O) groups excluding carboxylic acids is 1. The Morgan fingerprint density at radius 2 is 1.92 bits per heavy atom. The van der Waals surface area contributed by atoms with Crippen LogP contribution in [0.5, 0.6) is 0 Å². The number of hydrogen-bond acceptors (Lipinski definition) is 4. The quantitative estimate of drug-likeness (QED) is 0.843. The summed E-state index contributed by atoms with van der Waals surface area (Å²) in [6.07, 6.45) is 10.5. The highest BCUT2D eigenvalue weighted by Gasteiger charge is 2.40. The summed E-state index contributed by atoms with van der Waals surface area (Å²) in [5, 5.41) is 3.48. The monoisotopic (exact) mass is 349 g/mol. The highest BCUT2D eigenvalue weighted by atomic mass is 16.5. The van der Waals surface area contributed by atoms with Crippen molar-refractivity contribution in [3.8, 4) is 0 Å². The van der Waals surface area contributed by atoms with Crippen molar-refractivity contribution < 1.29 is 9.53 Å². The molecular formula is C20H35N3O2. The fourth-order valence-electron chi connectivity index (χ4n) is 5.43. The summed E-state index contributed by atoms with van der Waals surface area (Å²) in [7, 11) is 0. The van der Waals surface area contributed by atoms with E-state index >= 15 is 0 Å². The Kier molecular flexibility index (Phi) is 5.63. The number of amides is 1. The average Bonchev–Trinajstić information content (AvgIpc) is 3.06. The number of piperidine rings is 2. The second-order valence-corrected chi connectivity index (χ2v) is 8.68. The van der Waals surface area contributed by atoms with Gasteiger partial charge in [-0.3, -0.25) is 4.79 Å². The molecule has 4 rings (SSSR count). The van der Waals surface area contributed by atoms with Crippen LogP contribution in [0.4, 0.5) is 0 Å². The highest BCUT2D eigenvalue weighted by molar-refractivity contribution is 5.77. The third kappa shape index (κ3) is 4.20. The van der Waals surface area contributed by atoms with E-state index in [0.29, 0.717) is 5.91 Å². The van der Waals surface area contributed by atoms with Crippen LogP contribution in [0.15, 0.2) is 0 Å². The molecule has 4 heterocycles. The minimum absolute atomic E-state index is 0.168. The van der Waals surface area contributed by atoms with Crippen LogP contribution in [-0.4, -0.2) is 73.2 Å². The van der Waals surface area contributed by atoms with E-state index < -0.39 is 0 Å². The Balaban J connectivity index is 1.22. The van der Waals surface area contributed by atoms with Crippen LogP contribution in [0.25, 0.3) is 0 Å². The Morgan fingerprint density at radius 3 is 2.64 bits per heavy atom. The molecule has 4 fully saturated rings. The molecule has 4 aliphatic rings. The van der Waals surface area contributed by atoms with Crippen LogP contribution in [0.2, 0.25) is 0 Å². The molecular weight excluding hydrogens is 314 g/mol. The van der Waals surface area contributed by atoms with Gasteiger partial charge in [0.2, 0.25) is 5.91 Å². The zero-order chi connectivity index (χ0) is 17.1. The molecule has 4 saturated heterocycles. The first-order valence-corrected chi connectivity index (χ1v) is 10.6. The van der Waals surface area contributed by atoms with Crippen molar-refractivity contribution in [2.75, 3.05) is 45.9 Å². The number of nitrogens with one attached hydrogen (secondary N) is 1. The third-order valence-corrected chi connectivity index (χ3v) is 7.13. The lowest BCUT2D eigenvalue weighted by atomic mass is 9.81. The summed E-state index contributed by atoms with van der Waals surface area (Å²) in [6, 6.07) is 0.730. The Hall–Kier alpha value is -0.650. The van der Waals surface area contributed by atoms with E-state index in [1.807, 2.05) is 0 Å².